The van der Waals surface area contributed by atoms with Gasteiger partial charge < -0.3 is 15.1 Å². The van der Waals surface area contributed by atoms with Crippen LogP contribution in [0.2, 0.25) is 0 Å². The van der Waals surface area contributed by atoms with Gasteiger partial charge in [-0.2, -0.15) is 0 Å². The van der Waals surface area contributed by atoms with E-state index < -0.39 is 0 Å². The predicted octanol–water partition coefficient (Wildman–Crippen LogP) is 2.61. The molecule has 0 spiro atoms. The van der Waals surface area contributed by atoms with Crippen LogP contribution >= 0.6 is 0 Å². The molecule has 1 amide bonds. The van der Waals surface area contributed by atoms with Crippen molar-refractivity contribution in [2.75, 3.05) is 6.54 Å². The summed E-state index contributed by atoms with van der Waals surface area (Å²) >= 11 is 0. The minimum atomic E-state index is -0.126. The van der Waals surface area contributed by atoms with Crippen LogP contribution < -0.4 is 10.6 Å². The Balaban J connectivity index is 1.78. The highest BCUT2D eigenvalue weighted by Crippen LogP contribution is 2.21. The lowest BCUT2D eigenvalue weighted by Gasteiger charge is -2.30. The molecule has 1 saturated heterocycles. The van der Waals surface area contributed by atoms with E-state index in [1.54, 1.807) is 0 Å². The SMILES string of the molecule is Cc1ccc2oc(C(=O)NC3CCCNC3C)cc2c1. The molecule has 1 aromatic heterocycles. The van der Waals surface area contributed by atoms with E-state index in [-0.39, 0.29) is 11.9 Å². The number of furan rings is 1. The maximum Gasteiger partial charge on any atom is 0.287 e. The number of amides is 1. The second kappa shape index (κ2) is 5.29. The molecule has 0 bridgehead atoms. The second-order valence-corrected chi connectivity index (χ2v) is 5.62. The summed E-state index contributed by atoms with van der Waals surface area (Å²) in [7, 11) is 0. The second-order valence-electron chi connectivity index (χ2n) is 5.62. The molecule has 2 heterocycles. The maximum atomic E-state index is 12.3. The minimum absolute atomic E-state index is 0.126. The summed E-state index contributed by atoms with van der Waals surface area (Å²) in [6, 6.07) is 8.22. The standard InChI is InChI=1S/C16H20N2O2/c1-10-5-6-14-12(8-10)9-15(20-14)16(19)18-13-4-3-7-17-11(13)2/h5-6,8-9,11,13,17H,3-4,7H2,1-2H3,(H,18,19). The van der Waals surface area contributed by atoms with Crippen molar-refractivity contribution in [3.63, 3.8) is 0 Å². The van der Waals surface area contributed by atoms with E-state index in [1.807, 2.05) is 31.2 Å². The van der Waals surface area contributed by atoms with E-state index in [0.29, 0.717) is 11.8 Å². The number of piperidine rings is 1. The molecule has 4 heteroatoms. The summed E-state index contributed by atoms with van der Waals surface area (Å²) in [5.74, 6) is 0.266. The summed E-state index contributed by atoms with van der Waals surface area (Å²) in [6.07, 6.45) is 2.11. The first-order chi connectivity index (χ1) is 9.63. The van der Waals surface area contributed by atoms with Gasteiger partial charge in [0.1, 0.15) is 5.58 Å². The summed E-state index contributed by atoms with van der Waals surface area (Å²) in [4.78, 5) is 12.3. The third kappa shape index (κ3) is 2.56. The fourth-order valence-electron chi connectivity index (χ4n) is 2.76. The van der Waals surface area contributed by atoms with Crippen molar-refractivity contribution in [2.45, 2.75) is 38.8 Å². The Hall–Kier alpha value is -1.81. The molecule has 2 atom stereocenters. The lowest BCUT2D eigenvalue weighted by Crippen LogP contribution is -2.51. The van der Waals surface area contributed by atoms with Crippen LogP contribution in [0.25, 0.3) is 11.0 Å². The molecule has 0 aliphatic carbocycles. The molecule has 1 aromatic carbocycles. The number of hydrogen-bond donors (Lipinski definition) is 2. The first-order valence-electron chi connectivity index (χ1n) is 7.18. The van der Waals surface area contributed by atoms with Crippen LogP contribution in [-0.4, -0.2) is 24.5 Å². The Kier molecular flexibility index (Phi) is 3.49. The number of benzene rings is 1. The Morgan fingerprint density at radius 3 is 3.05 bits per heavy atom. The monoisotopic (exact) mass is 272 g/mol. The molecule has 0 saturated carbocycles. The number of aryl methyl sites for hydroxylation is 1. The smallest absolute Gasteiger partial charge is 0.287 e. The zero-order valence-corrected chi connectivity index (χ0v) is 11.9. The Bertz CT molecular complexity index is 632. The highest BCUT2D eigenvalue weighted by molar-refractivity contribution is 5.96. The van der Waals surface area contributed by atoms with E-state index in [9.17, 15) is 4.79 Å². The van der Waals surface area contributed by atoms with E-state index in [0.717, 1.165) is 35.9 Å². The molecule has 3 rings (SSSR count). The van der Waals surface area contributed by atoms with Gasteiger partial charge in [-0.1, -0.05) is 11.6 Å². The number of rotatable bonds is 2. The number of nitrogens with one attached hydrogen (secondary N) is 2. The number of fused-ring (bicyclic) bond motifs is 1. The summed E-state index contributed by atoms with van der Waals surface area (Å²) in [6.45, 7) is 5.16. The van der Waals surface area contributed by atoms with Crippen LogP contribution in [0, 0.1) is 6.92 Å². The highest BCUT2D eigenvalue weighted by atomic mass is 16.3. The molecule has 2 unspecified atom stereocenters. The van der Waals surface area contributed by atoms with Crippen LogP contribution in [0.3, 0.4) is 0 Å². The van der Waals surface area contributed by atoms with Crippen molar-refractivity contribution in [3.05, 3.63) is 35.6 Å². The fourth-order valence-corrected chi connectivity index (χ4v) is 2.76. The van der Waals surface area contributed by atoms with Crippen molar-refractivity contribution in [1.82, 2.24) is 10.6 Å². The van der Waals surface area contributed by atoms with Crippen LogP contribution in [0.1, 0.15) is 35.9 Å². The van der Waals surface area contributed by atoms with Gasteiger partial charge in [0.05, 0.1) is 0 Å². The first-order valence-corrected chi connectivity index (χ1v) is 7.18. The number of carbonyl (C=O) groups excluding carboxylic acids is 1. The van der Waals surface area contributed by atoms with Gasteiger partial charge in [-0.25, -0.2) is 0 Å². The normalized spacial score (nSPS) is 22.9. The number of hydrogen-bond acceptors (Lipinski definition) is 3. The first kappa shape index (κ1) is 13.2. The zero-order valence-electron chi connectivity index (χ0n) is 11.9. The molecular formula is C16H20N2O2. The fraction of sp³-hybridized carbons (Fsp3) is 0.438. The van der Waals surface area contributed by atoms with E-state index >= 15 is 0 Å². The Labute approximate surface area is 118 Å². The number of carbonyl (C=O) groups is 1. The van der Waals surface area contributed by atoms with Gasteiger partial charge in [-0.3, -0.25) is 4.79 Å². The quantitative estimate of drug-likeness (QED) is 0.883. The lowest BCUT2D eigenvalue weighted by atomic mass is 10.00. The van der Waals surface area contributed by atoms with Gasteiger partial charge >= 0.3 is 0 Å². The van der Waals surface area contributed by atoms with Gasteiger partial charge in [0.2, 0.25) is 0 Å². The zero-order chi connectivity index (χ0) is 14.1. The van der Waals surface area contributed by atoms with Gasteiger partial charge in [-0.05, 0) is 51.4 Å². The van der Waals surface area contributed by atoms with Gasteiger partial charge in [-0.15, -0.1) is 0 Å². The van der Waals surface area contributed by atoms with Crippen LogP contribution in [0.5, 0.6) is 0 Å². The maximum absolute atomic E-state index is 12.3. The molecule has 106 valence electrons. The highest BCUT2D eigenvalue weighted by Gasteiger charge is 2.24. The summed E-state index contributed by atoms with van der Waals surface area (Å²) < 4.78 is 5.63. The molecule has 1 fully saturated rings. The Morgan fingerprint density at radius 1 is 1.40 bits per heavy atom. The molecule has 20 heavy (non-hydrogen) atoms. The predicted molar refractivity (Wildman–Crippen MR) is 78.9 cm³/mol. The van der Waals surface area contributed by atoms with Crippen molar-refractivity contribution < 1.29 is 9.21 Å². The van der Waals surface area contributed by atoms with E-state index in [4.69, 9.17) is 4.42 Å². The minimum Gasteiger partial charge on any atom is -0.451 e. The van der Waals surface area contributed by atoms with Crippen LogP contribution in [-0.2, 0) is 0 Å². The molecule has 1 aliphatic heterocycles. The summed E-state index contributed by atoms with van der Waals surface area (Å²) in [5, 5.41) is 7.42. The average Bonchev–Trinajstić information content (AvgIpc) is 2.84. The molecular weight excluding hydrogens is 252 g/mol. The molecule has 0 radical (unpaired) electrons. The van der Waals surface area contributed by atoms with Gasteiger partial charge in [0.25, 0.3) is 5.91 Å². The third-order valence-electron chi connectivity index (χ3n) is 3.97. The van der Waals surface area contributed by atoms with E-state index in [1.165, 1.54) is 0 Å². The molecule has 2 aromatic rings. The third-order valence-corrected chi connectivity index (χ3v) is 3.97. The van der Waals surface area contributed by atoms with Crippen LogP contribution in [0.15, 0.2) is 28.7 Å². The summed E-state index contributed by atoms with van der Waals surface area (Å²) in [5.41, 5.74) is 1.92. The van der Waals surface area contributed by atoms with Crippen molar-refractivity contribution in [1.29, 1.82) is 0 Å². The van der Waals surface area contributed by atoms with Gasteiger partial charge in [0.15, 0.2) is 5.76 Å². The largest absolute Gasteiger partial charge is 0.451 e. The van der Waals surface area contributed by atoms with Crippen molar-refractivity contribution >= 4 is 16.9 Å². The average molecular weight is 272 g/mol. The van der Waals surface area contributed by atoms with Crippen LogP contribution in [0.4, 0.5) is 0 Å². The van der Waals surface area contributed by atoms with Gasteiger partial charge in [0, 0.05) is 17.5 Å². The molecule has 4 nitrogen and oxygen atoms in total. The van der Waals surface area contributed by atoms with Crippen molar-refractivity contribution in [3.8, 4) is 0 Å². The molecule has 1 aliphatic rings. The van der Waals surface area contributed by atoms with Crippen molar-refractivity contribution in [2.24, 2.45) is 0 Å². The molecule has 2 N–H and O–H groups in total. The topological polar surface area (TPSA) is 54.3 Å². The Morgan fingerprint density at radius 2 is 2.25 bits per heavy atom. The van der Waals surface area contributed by atoms with E-state index in [2.05, 4.69) is 17.6 Å². The lowest BCUT2D eigenvalue weighted by molar-refractivity contribution is 0.0894.